The van der Waals surface area contributed by atoms with Gasteiger partial charge in [0.2, 0.25) is 0 Å². The number of hydrogen-bond donors (Lipinski definition) is 1. The van der Waals surface area contributed by atoms with Crippen molar-refractivity contribution < 1.29 is 9.47 Å². The molecule has 0 radical (unpaired) electrons. The molecule has 0 aliphatic carbocycles. The SMILES string of the molecule is CCOC(CCN1CCCC(CN)C1)OCC. The minimum absolute atomic E-state index is 0.0387. The maximum absolute atomic E-state index is 5.74. The van der Waals surface area contributed by atoms with Gasteiger partial charge in [-0.05, 0) is 45.7 Å². The van der Waals surface area contributed by atoms with E-state index in [0.29, 0.717) is 5.92 Å². The molecule has 1 heterocycles. The zero-order chi connectivity index (χ0) is 12.5. The van der Waals surface area contributed by atoms with Gasteiger partial charge >= 0.3 is 0 Å². The fourth-order valence-electron chi connectivity index (χ4n) is 2.42. The Morgan fingerprint density at radius 3 is 2.59 bits per heavy atom. The van der Waals surface area contributed by atoms with E-state index in [-0.39, 0.29) is 6.29 Å². The van der Waals surface area contributed by atoms with Crippen LogP contribution in [-0.4, -0.2) is 50.6 Å². The van der Waals surface area contributed by atoms with E-state index in [1.807, 2.05) is 13.8 Å². The van der Waals surface area contributed by atoms with Crippen LogP contribution in [0.3, 0.4) is 0 Å². The van der Waals surface area contributed by atoms with E-state index in [9.17, 15) is 0 Å². The van der Waals surface area contributed by atoms with Crippen molar-refractivity contribution in [3.05, 3.63) is 0 Å². The van der Waals surface area contributed by atoms with Crippen molar-refractivity contribution >= 4 is 0 Å². The molecule has 0 amide bonds. The molecule has 4 nitrogen and oxygen atoms in total. The van der Waals surface area contributed by atoms with Crippen LogP contribution in [0.1, 0.15) is 33.1 Å². The Hall–Kier alpha value is -0.160. The molecule has 0 aromatic heterocycles. The maximum Gasteiger partial charge on any atom is 0.158 e. The molecule has 0 saturated carbocycles. The highest BCUT2D eigenvalue weighted by Gasteiger charge is 2.19. The summed E-state index contributed by atoms with van der Waals surface area (Å²) in [6.45, 7) is 9.67. The van der Waals surface area contributed by atoms with Crippen LogP contribution in [0.25, 0.3) is 0 Å². The lowest BCUT2D eigenvalue weighted by Gasteiger charge is -2.32. The highest BCUT2D eigenvalue weighted by Crippen LogP contribution is 2.16. The number of piperidine rings is 1. The van der Waals surface area contributed by atoms with Crippen molar-refractivity contribution in [2.45, 2.75) is 39.4 Å². The Kier molecular flexibility index (Phi) is 7.77. The topological polar surface area (TPSA) is 47.7 Å². The molecule has 1 aliphatic heterocycles. The van der Waals surface area contributed by atoms with Gasteiger partial charge in [0.25, 0.3) is 0 Å². The Morgan fingerprint density at radius 2 is 2.00 bits per heavy atom. The highest BCUT2D eigenvalue weighted by atomic mass is 16.7. The summed E-state index contributed by atoms with van der Waals surface area (Å²) in [5.74, 6) is 0.682. The third-order valence-corrected chi connectivity index (χ3v) is 3.32. The molecule has 1 aliphatic rings. The number of hydrogen-bond acceptors (Lipinski definition) is 4. The summed E-state index contributed by atoms with van der Waals surface area (Å²) in [6.07, 6.45) is 3.48. The Labute approximate surface area is 105 Å². The van der Waals surface area contributed by atoms with Crippen molar-refractivity contribution in [1.82, 2.24) is 4.90 Å². The number of ether oxygens (including phenoxy) is 2. The predicted molar refractivity (Wildman–Crippen MR) is 69.9 cm³/mol. The van der Waals surface area contributed by atoms with Gasteiger partial charge in [0.1, 0.15) is 0 Å². The van der Waals surface area contributed by atoms with E-state index in [2.05, 4.69) is 4.90 Å². The van der Waals surface area contributed by atoms with Crippen LogP contribution in [0, 0.1) is 5.92 Å². The van der Waals surface area contributed by atoms with Gasteiger partial charge in [0, 0.05) is 32.7 Å². The van der Waals surface area contributed by atoms with Crippen LogP contribution in [-0.2, 0) is 9.47 Å². The van der Waals surface area contributed by atoms with Gasteiger partial charge in [-0.15, -0.1) is 0 Å². The van der Waals surface area contributed by atoms with Crippen molar-refractivity contribution in [3.63, 3.8) is 0 Å². The second-order valence-corrected chi connectivity index (χ2v) is 4.67. The average Bonchev–Trinajstić information content (AvgIpc) is 2.37. The van der Waals surface area contributed by atoms with E-state index in [0.717, 1.165) is 39.3 Å². The Bertz CT molecular complexity index is 184. The lowest BCUT2D eigenvalue weighted by molar-refractivity contribution is -0.142. The molecule has 1 rings (SSSR count). The fourth-order valence-corrected chi connectivity index (χ4v) is 2.42. The summed E-state index contributed by atoms with van der Waals surface area (Å²) in [7, 11) is 0. The summed E-state index contributed by atoms with van der Waals surface area (Å²) >= 11 is 0. The number of nitrogens with zero attached hydrogens (tertiary/aromatic N) is 1. The minimum atomic E-state index is -0.0387. The molecule has 0 aromatic carbocycles. The van der Waals surface area contributed by atoms with Gasteiger partial charge in [0.15, 0.2) is 6.29 Å². The van der Waals surface area contributed by atoms with Crippen LogP contribution in [0.15, 0.2) is 0 Å². The number of nitrogens with two attached hydrogens (primary N) is 1. The Morgan fingerprint density at radius 1 is 1.29 bits per heavy atom. The third-order valence-electron chi connectivity index (χ3n) is 3.32. The molecule has 2 N–H and O–H groups in total. The average molecular weight is 244 g/mol. The standard InChI is InChI=1S/C13H28N2O2/c1-3-16-13(17-4-2)7-9-15-8-5-6-12(10-14)11-15/h12-13H,3-11,14H2,1-2H3. The summed E-state index contributed by atoms with van der Waals surface area (Å²) in [6, 6.07) is 0. The minimum Gasteiger partial charge on any atom is -0.353 e. The molecule has 1 saturated heterocycles. The normalized spacial score (nSPS) is 22.2. The summed E-state index contributed by atoms with van der Waals surface area (Å²) in [5, 5.41) is 0. The van der Waals surface area contributed by atoms with Crippen LogP contribution >= 0.6 is 0 Å². The number of likely N-dealkylation sites (tertiary alicyclic amines) is 1. The van der Waals surface area contributed by atoms with Crippen molar-refractivity contribution in [1.29, 1.82) is 0 Å². The third kappa shape index (κ3) is 5.82. The van der Waals surface area contributed by atoms with Crippen molar-refractivity contribution in [2.75, 3.05) is 39.4 Å². The van der Waals surface area contributed by atoms with Crippen LogP contribution in [0.2, 0.25) is 0 Å². The van der Waals surface area contributed by atoms with E-state index >= 15 is 0 Å². The first-order chi connectivity index (χ1) is 8.30. The molecule has 0 aromatic rings. The van der Waals surface area contributed by atoms with Gasteiger partial charge in [-0.3, -0.25) is 0 Å². The van der Waals surface area contributed by atoms with Crippen molar-refractivity contribution in [2.24, 2.45) is 11.7 Å². The van der Waals surface area contributed by atoms with E-state index < -0.39 is 0 Å². The van der Waals surface area contributed by atoms with Crippen LogP contribution < -0.4 is 5.73 Å². The zero-order valence-corrected chi connectivity index (χ0v) is 11.4. The fraction of sp³-hybridized carbons (Fsp3) is 1.00. The van der Waals surface area contributed by atoms with E-state index in [1.165, 1.54) is 19.4 Å². The lowest BCUT2D eigenvalue weighted by Crippen LogP contribution is -2.40. The Balaban J connectivity index is 2.22. The van der Waals surface area contributed by atoms with Gasteiger partial charge in [-0.25, -0.2) is 0 Å². The highest BCUT2D eigenvalue weighted by molar-refractivity contribution is 4.73. The van der Waals surface area contributed by atoms with Crippen LogP contribution in [0.4, 0.5) is 0 Å². The first kappa shape index (κ1) is 14.9. The first-order valence-electron chi connectivity index (χ1n) is 6.95. The van der Waals surface area contributed by atoms with Gasteiger partial charge in [-0.1, -0.05) is 0 Å². The van der Waals surface area contributed by atoms with Gasteiger partial charge < -0.3 is 20.1 Å². The number of rotatable bonds is 8. The molecule has 1 fully saturated rings. The lowest BCUT2D eigenvalue weighted by atomic mass is 9.98. The molecular formula is C13H28N2O2. The monoisotopic (exact) mass is 244 g/mol. The van der Waals surface area contributed by atoms with Gasteiger partial charge in [-0.2, -0.15) is 0 Å². The summed E-state index contributed by atoms with van der Waals surface area (Å²) < 4.78 is 11.1. The van der Waals surface area contributed by atoms with Gasteiger partial charge in [0.05, 0.1) is 0 Å². The quantitative estimate of drug-likeness (QED) is 0.657. The summed E-state index contributed by atoms with van der Waals surface area (Å²) in [4.78, 5) is 2.49. The smallest absolute Gasteiger partial charge is 0.158 e. The molecule has 17 heavy (non-hydrogen) atoms. The van der Waals surface area contributed by atoms with E-state index in [1.54, 1.807) is 0 Å². The molecule has 0 spiro atoms. The van der Waals surface area contributed by atoms with Crippen molar-refractivity contribution in [3.8, 4) is 0 Å². The maximum atomic E-state index is 5.74. The second kappa shape index (κ2) is 8.86. The predicted octanol–water partition coefficient (Wildman–Crippen LogP) is 1.45. The second-order valence-electron chi connectivity index (χ2n) is 4.67. The van der Waals surface area contributed by atoms with E-state index in [4.69, 9.17) is 15.2 Å². The molecule has 102 valence electrons. The zero-order valence-electron chi connectivity index (χ0n) is 11.4. The molecular weight excluding hydrogens is 216 g/mol. The first-order valence-corrected chi connectivity index (χ1v) is 6.95. The largest absolute Gasteiger partial charge is 0.353 e. The molecule has 1 unspecified atom stereocenters. The molecule has 0 bridgehead atoms. The summed E-state index contributed by atoms with van der Waals surface area (Å²) in [5.41, 5.74) is 5.74. The molecule has 4 heteroatoms. The molecule has 1 atom stereocenters. The van der Waals surface area contributed by atoms with Crippen LogP contribution in [0.5, 0.6) is 0 Å².